The summed E-state index contributed by atoms with van der Waals surface area (Å²) in [5.74, 6) is 0. The summed E-state index contributed by atoms with van der Waals surface area (Å²) in [5, 5.41) is 3.48. The van der Waals surface area contributed by atoms with Gasteiger partial charge in [-0.15, -0.1) is 0 Å². The van der Waals surface area contributed by atoms with E-state index in [9.17, 15) is 0 Å². The second-order valence-corrected chi connectivity index (χ2v) is 5.34. The van der Waals surface area contributed by atoms with Crippen LogP contribution in [0.5, 0.6) is 0 Å². The van der Waals surface area contributed by atoms with Crippen LogP contribution in [-0.2, 0) is 11.3 Å². The zero-order chi connectivity index (χ0) is 13.3. The van der Waals surface area contributed by atoms with Crippen LogP contribution in [0, 0.1) is 5.41 Å². The summed E-state index contributed by atoms with van der Waals surface area (Å²) < 4.78 is 5.61. The summed E-state index contributed by atoms with van der Waals surface area (Å²) in [6.45, 7) is 9.81. The van der Waals surface area contributed by atoms with Gasteiger partial charge >= 0.3 is 0 Å². The van der Waals surface area contributed by atoms with Crippen LogP contribution in [0.4, 0.5) is 0 Å². The molecule has 0 aliphatic rings. The van der Waals surface area contributed by atoms with E-state index in [1.807, 2.05) is 25.1 Å². The Kier molecular flexibility index (Phi) is 6.69. The van der Waals surface area contributed by atoms with E-state index in [1.165, 1.54) is 5.56 Å². The summed E-state index contributed by atoms with van der Waals surface area (Å²) in [4.78, 5) is 0. The molecule has 0 amide bonds. The zero-order valence-corrected chi connectivity index (χ0v) is 11.8. The zero-order valence-electron chi connectivity index (χ0n) is 11.8. The predicted molar refractivity (Wildman–Crippen MR) is 77.6 cm³/mol. The van der Waals surface area contributed by atoms with Gasteiger partial charge in [-0.2, -0.15) is 0 Å². The molecule has 0 unspecified atom stereocenters. The van der Waals surface area contributed by atoms with Gasteiger partial charge in [0.05, 0.1) is 13.2 Å². The number of allylic oxidation sites excluding steroid dienone is 1. The molecule has 2 nitrogen and oxygen atoms in total. The quantitative estimate of drug-likeness (QED) is 0.561. The lowest BCUT2D eigenvalue weighted by Gasteiger charge is -2.24. The first kappa shape index (κ1) is 14.9. The lowest BCUT2D eigenvalue weighted by atomic mass is 9.95. The average molecular weight is 247 g/mol. The SMILES string of the molecule is C/C=C/COCC(C)(C)CNCc1ccccc1. The van der Waals surface area contributed by atoms with Crippen molar-refractivity contribution in [3.63, 3.8) is 0 Å². The van der Waals surface area contributed by atoms with Gasteiger partial charge in [0.25, 0.3) is 0 Å². The first-order valence-corrected chi connectivity index (χ1v) is 6.57. The second kappa shape index (κ2) is 8.06. The number of ether oxygens (including phenoxy) is 1. The molecule has 0 heterocycles. The molecule has 0 spiro atoms. The van der Waals surface area contributed by atoms with Gasteiger partial charge in [0.2, 0.25) is 0 Å². The molecule has 18 heavy (non-hydrogen) atoms. The highest BCUT2D eigenvalue weighted by molar-refractivity contribution is 5.14. The third-order valence-corrected chi connectivity index (χ3v) is 2.72. The molecule has 1 aromatic carbocycles. The van der Waals surface area contributed by atoms with Crippen LogP contribution in [0.1, 0.15) is 26.3 Å². The van der Waals surface area contributed by atoms with Crippen LogP contribution in [0.15, 0.2) is 42.5 Å². The Balaban J connectivity index is 2.20. The Labute approximate surface area is 111 Å². The summed E-state index contributed by atoms with van der Waals surface area (Å²) in [7, 11) is 0. The molecule has 0 aromatic heterocycles. The third-order valence-electron chi connectivity index (χ3n) is 2.72. The van der Waals surface area contributed by atoms with Crippen molar-refractivity contribution in [3.8, 4) is 0 Å². The van der Waals surface area contributed by atoms with Crippen molar-refractivity contribution in [1.29, 1.82) is 0 Å². The Hall–Kier alpha value is -1.12. The third kappa shape index (κ3) is 6.58. The molecule has 0 atom stereocenters. The molecule has 2 heteroatoms. The van der Waals surface area contributed by atoms with Crippen molar-refractivity contribution in [2.24, 2.45) is 5.41 Å². The summed E-state index contributed by atoms with van der Waals surface area (Å²) in [6.07, 6.45) is 4.05. The fourth-order valence-electron chi connectivity index (χ4n) is 1.69. The van der Waals surface area contributed by atoms with Crippen LogP contribution in [0.3, 0.4) is 0 Å². The molecule has 1 rings (SSSR count). The summed E-state index contributed by atoms with van der Waals surface area (Å²) in [5.41, 5.74) is 1.49. The van der Waals surface area contributed by atoms with Crippen LogP contribution >= 0.6 is 0 Å². The summed E-state index contributed by atoms with van der Waals surface area (Å²) in [6, 6.07) is 10.5. The largest absolute Gasteiger partial charge is 0.377 e. The maximum atomic E-state index is 5.61. The van der Waals surface area contributed by atoms with Gasteiger partial charge in [-0.3, -0.25) is 0 Å². The van der Waals surface area contributed by atoms with Crippen molar-refractivity contribution >= 4 is 0 Å². The van der Waals surface area contributed by atoms with E-state index in [0.717, 1.165) is 19.7 Å². The van der Waals surface area contributed by atoms with Gasteiger partial charge in [-0.05, 0) is 12.5 Å². The highest BCUT2D eigenvalue weighted by atomic mass is 16.5. The lowest BCUT2D eigenvalue weighted by molar-refractivity contribution is 0.0800. The van der Waals surface area contributed by atoms with Crippen molar-refractivity contribution in [3.05, 3.63) is 48.0 Å². The highest BCUT2D eigenvalue weighted by Gasteiger charge is 2.17. The first-order chi connectivity index (χ1) is 8.64. The number of benzene rings is 1. The molecule has 0 radical (unpaired) electrons. The molecule has 0 saturated carbocycles. The van der Waals surface area contributed by atoms with Gasteiger partial charge in [0.15, 0.2) is 0 Å². The van der Waals surface area contributed by atoms with Crippen molar-refractivity contribution in [2.75, 3.05) is 19.8 Å². The Bertz CT molecular complexity index is 343. The maximum absolute atomic E-state index is 5.61. The number of hydrogen-bond donors (Lipinski definition) is 1. The predicted octanol–water partition coefficient (Wildman–Crippen LogP) is 3.40. The van der Waals surface area contributed by atoms with Gasteiger partial charge in [0, 0.05) is 18.5 Å². The Morgan fingerprint density at radius 1 is 1.22 bits per heavy atom. The average Bonchev–Trinajstić information content (AvgIpc) is 2.36. The minimum Gasteiger partial charge on any atom is -0.377 e. The van der Waals surface area contributed by atoms with Crippen LogP contribution in [-0.4, -0.2) is 19.8 Å². The van der Waals surface area contributed by atoms with Gasteiger partial charge < -0.3 is 10.1 Å². The first-order valence-electron chi connectivity index (χ1n) is 6.57. The van der Waals surface area contributed by atoms with E-state index >= 15 is 0 Å². The minimum atomic E-state index is 0.163. The number of hydrogen-bond acceptors (Lipinski definition) is 2. The lowest BCUT2D eigenvalue weighted by Crippen LogP contribution is -2.33. The fourth-order valence-corrected chi connectivity index (χ4v) is 1.69. The maximum Gasteiger partial charge on any atom is 0.0647 e. The standard InChI is InChI=1S/C16H25NO/c1-4-5-11-18-14-16(2,3)13-17-12-15-9-7-6-8-10-15/h4-10,17H,11-14H2,1-3H3/b5-4+. The van der Waals surface area contributed by atoms with Gasteiger partial charge in [0.1, 0.15) is 0 Å². The van der Waals surface area contributed by atoms with Crippen molar-refractivity contribution in [2.45, 2.75) is 27.3 Å². The highest BCUT2D eigenvalue weighted by Crippen LogP contribution is 2.14. The molecule has 0 bridgehead atoms. The van der Waals surface area contributed by atoms with Gasteiger partial charge in [-0.25, -0.2) is 0 Å². The number of rotatable bonds is 8. The van der Waals surface area contributed by atoms with E-state index in [4.69, 9.17) is 4.74 Å². The Morgan fingerprint density at radius 2 is 1.94 bits per heavy atom. The molecular weight excluding hydrogens is 222 g/mol. The van der Waals surface area contributed by atoms with E-state index in [-0.39, 0.29) is 5.41 Å². The van der Waals surface area contributed by atoms with Crippen LogP contribution < -0.4 is 5.32 Å². The van der Waals surface area contributed by atoms with E-state index in [0.29, 0.717) is 6.61 Å². The van der Waals surface area contributed by atoms with Crippen molar-refractivity contribution in [1.82, 2.24) is 5.32 Å². The van der Waals surface area contributed by atoms with Gasteiger partial charge in [-0.1, -0.05) is 56.3 Å². The van der Waals surface area contributed by atoms with E-state index < -0.39 is 0 Å². The van der Waals surface area contributed by atoms with Crippen LogP contribution in [0.25, 0.3) is 0 Å². The summed E-state index contributed by atoms with van der Waals surface area (Å²) >= 11 is 0. The monoisotopic (exact) mass is 247 g/mol. The molecule has 0 saturated heterocycles. The number of nitrogens with one attached hydrogen (secondary N) is 1. The molecule has 1 aromatic rings. The smallest absolute Gasteiger partial charge is 0.0647 e. The van der Waals surface area contributed by atoms with E-state index in [2.05, 4.69) is 43.4 Å². The van der Waals surface area contributed by atoms with Crippen LogP contribution in [0.2, 0.25) is 0 Å². The topological polar surface area (TPSA) is 21.3 Å². The minimum absolute atomic E-state index is 0.163. The normalized spacial score (nSPS) is 12.2. The molecule has 0 aliphatic heterocycles. The Morgan fingerprint density at radius 3 is 2.61 bits per heavy atom. The second-order valence-electron chi connectivity index (χ2n) is 5.34. The molecule has 1 N–H and O–H groups in total. The molecule has 0 aliphatic carbocycles. The molecule has 100 valence electrons. The van der Waals surface area contributed by atoms with Crippen molar-refractivity contribution < 1.29 is 4.74 Å². The molecule has 0 fully saturated rings. The molecular formula is C16H25NO. The fraction of sp³-hybridized carbons (Fsp3) is 0.500. The van der Waals surface area contributed by atoms with E-state index in [1.54, 1.807) is 0 Å².